The van der Waals surface area contributed by atoms with Crippen LogP contribution in [0.5, 0.6) is 0 Å². The largest absolute Gasteiger partial charge is 0.356 e. The van der Waals surface area contributed by atoms with Crippen LogP contribution in [0.4, 0.5) is 0 Å². The molecule has 164 valence electrons. The first-order valence-corrected chi connectivity index (χ1v) is 10.4. The molecule has 7 nitrogen and oxygen atoms in total. The van der Waals surface area contributed by atoms with E-state index in [1.165, 1.54) is 11.1 Å². The quantitative estimate of drug-likeness (QED) is 0.229. The number of carbonyl (C=O) groups excluding carboxylic acids is 1. The van der Waals surface area contributed by atoms with Crippen LogP contribution in [0.1, 0.15) is 24.0 Å². The van der Waals surface area contributed by atoms with Crippen molar-refractivity contribution in [1.82, 2.24) is 25.3 Å². The van der Waals surface area contributed by atoms with Crippen LogP contribution in [-0.4, -0.2) is 59.8 Å². The molecule has 30 heavy (non-hydrogen) atoms. The molecule has 8 heteroatoms. The molecule has 3 rings (SSSR count). The van der Waals surface area contributed by atoms with Gasteiger partial charge in [-0.3, -0.25) is 14.5 Å². The number of hydrogen-bond donors (Lipinski definition) is 2. The number of aryl methyl sites for hydroxylation is 2. The van der Waals surface area contributed by atoms with Crippen LogP contribution < -0.4 is 10.6 Å². The van der Waals surface area contributed by atoms with Crippen molar-refractivity contribution in [3.63, 3.8) is 0 Å². The SMILES string of the molecule is CN=C(NCCCn1cc(C)cn1)NCC1CC(=O)N(CCc2ccccc2)C1.I. The van der Waals surface area contributed by atoms with Crippen LogP contribution in [0.2, 0.25) is 0 Å². The maximum absolute atomic E-state index is 12.3. The average Bonchev–Trinajstić information content (AvgIpc) is 3.31. The fourth-order valence-electron chi connectivity index (χ4n) is 3.61. The number of rotatable bonds is 9. The third-order valence-electron chi connectivity index (χ3n) is 5.21. The second kappa shape index (κ2) is 12.6. The molecule has 1 aliphatic rings. The minimum Gasteiger partial charge on any atom is -0.356 e. The highest BCUT2D eigenvalue weighted by molar-refractivity contribution is 14.0. The summed E-state index contributed by atoms with van der Waals surface area (Å²) in [5.74, 6) is 1.37. The Balaban J connectivity index is 0.00000320. The maximum atomic E-state index is 12.3. The molecule has 0 radical (unpaired) electrons. The zero-order valence-corrected chi connectivity index (χ0v) is 20.2. The third kappa shape index (κ3) is 7.62. The van der Waals surface area contributed by atoms with Gasteiger partial charge in [0.2, 0.25) is 5.91 Å². The maximum Gasteiger partial charge on any atom is 0.223 e. The first-order valence-electron chi connectivity index (χ1n) is 10.4. The van der Waals surface area contributed by atoms with Gasteiger partial charge in [0.15, 0.2) is 5.96 Å². The van der Waals surface area contributed by atoms with Crippen molar-refractivity contribution < 1.29 is 4.79 Å². The summed E-state index contributed by atoms with van der Waals surface area (Å²) < 4.78 is 1.96. The molecule has 0 saturated carbocycles. The molecule has 1 saturated heterocycles. The number of benzene rings is 1. The van der Waals surface area contributed by atoms with Gasteiger partial charge in [0.05, 0.1) is 6.20 Å². The van der Waals surface area contributed by atoms with Crippen molar-refractivity contribution in [2.75, 3.05) is 33.2 Å². The number of likely N-dealkylation sites (tertiary alicyclic amines) is 1. The number of aliphatic imine (C=N–C) groups is 1. The van der Waals surface area contributed by atoms with E-state index in [0.717, 1.165) is 51.5 Å². The lowest BCUT2D eigenvalue weighted by atomic mass is 10.1. The number of halogens is 1. The molecule has 1 amide bonds. The van der Waals surface area contributed by atoms with E-state index < -0.39 is 0 Å². The number of amides is 1. The van der Waals surface area contributed by atoms with Crippen LogP contribution >= 0.6 is 24.0 Å². The van der Waals surface area contributed by atoms with Crippen molar-refractivity contribution in [3.8, 4) is 0 Å². The van der Waals surface area contributed by atoms with Gasteiger partial charge in [-0.2, -0.15) is 5.10 Å². The Morgan fingerprint density at radius 1 is 1.23 bits per heavy atom. The molecular weight excluding hydrogens is 491 g/mol. The van der Waals surface area contributed by atoms with E-state index in [0.29, 0.717) is 12.3 Å². The molecule has 1 aliphatic heterocycles. The van der Waals surface area contributed by atoms with E-state index in [4.69, 9.17) is 0 Å². The Labute approximate surface area is 196 Å². The topological polar surface area (TPSA) is 74.5 Å². The predicted molar refractivity (Wildman–Crippen MR) is 131 cm³/mol. The molecule has 0 aliphatic carbocycles. The van der Waals surface area contributed by atoms with Crippen molar-refractivity contribution in [1.29, 1.82) is 0 Å². The molecule has 1 aromatic carbocycles. The zero-order valence-electron chi connectivity index (χ0n) is 17.9. The minimum absolute atomic E-state index is 0. The van der Waals surface area contributed by atoms with Gasteiger partial charge in [0.25, 0.3) is 0 Å². The molecule has 0 spiro atoms. The highest BCUT2D eigenvalue weighted by Gasteiger charge is 2.29. The molecule has 2 aromatic rings. The summed E-state index contributed by atoms with van der Waals surface area (Å²) in [7, 11) is 1.78. The van der Waals surface area contributed by atoms with E-state index in [9.17, 15) is 4.79 Å². The van der Waals surface area contributed by atoms with Gasteiger partial charge < -0.3 is 15.5 Å². The summed E-state index contributed by atoms with van der Waals surface area (Å²) in [6, 6.07) is 10.3. The van der Waals surface area contributed by atoms with Crippen molar-refractivity contribution in [3.05, 3.63) is 53.9 Å². The lowest BCUT2D eigenvalue weighted by molar-refractivity contribution is -0.127. The highest BCUT2D eigenvalue weighted by Crippen LogP contribution is 2.17. The number of aromatic nitrogens is 2. The second-order valence-electron chi connectivity index (χ2n) is 7.66. The van der Waals surface area contributed by atoms with E-state index in [1.54, 1.807) is 7.05 Å². The van der Waals surface area contributed by atoms with Crippen LogP contribution in [0, 0.1) is 12.8 Å². The van der Waals surface area contributed by atoms with Gasteiger partial charge in [0.1, 0.15) is 0 Å². The van der Waals surface area contributed by atoms with Crippen molar-refractivity contribution in [2.24, 2.45) is 10.9 Å². The number of carbonyl (C=O) groups is 1. The Kier molecular flexibility index (Phi) is 10.1. The molecule has 2 N–H and O–H groups in total. The highest BCUT2D eigenvalue weighted by atomic mass is 127. The fraction of sp³-hybridized carbons (Fsp3) is 0.500. The van der Waals surface area contributed by atoms with Gasteiger partial charge in [-0.25, -0.2) is 0 Å². The summed E-state index contributed by atoms with van der Waals surface area (Å²) in [5.41, 5.74) is 2.45. The summed E-state index contributed by atoms with van der Waals surface area (Å²) in [5, 5.41) is 11.0. The molecule has 1 aromatic heterocycles. The number of nitrogens with one attached hydrogen (secondary N) is 2. The van der Waals surface area contributed by atoms with Crippen molar-refractivity contribution >= 4 is 35.8 Å². The van der Waals surface area contributed by atoms with Crippen LogP contribution in [0.3, 0.4) is 0 Å². The Bertz CT molecular complexity index is 807. The Hall–Kier alpha value is -2.10. The van der Waals surface area contributed by atoms with Crippen LogP contribution in [0.25, 0.3) is 0 Å². The van der Waals surface area contributed by atoms with Crippen molar-refractivity contribution in [2.45, 2.75) is 32.7 Å². The van der Waals surface area contributed by atoms with E-state index in [1.807, 2.05) is 47.1 Å². The number of nitrogens with zero attached hydrogens (tertiary/aromatic N) is 4. The predicted octanol–water partition coefficient (Wildman–Crippen LogP) is 2.46. The summed E-state index contributed by atoms with van der Waals surface area (Å²) in [6.07, 6.45) is 6.41. The summed E-state index contributed by atoms with van der Waals surface area (Å²) >= 11 is 0. The van der Waals surface area contributed by atoms with Crippen LogP contribution in [-0.2, 0) is 17.8 Å². The van der Waals surface area contributed by atoms with E-state index in [2.05, 4.69) is 32.9 Å². The first-order chi connectivity index (χ1) is 14.1. The number of guanidine groups is 1. The zero-order chi connectivity index (χ0) is 20.5. The lowest BCUT2D eigenvalue weighted by Crippen LogP contribution is -2.40. The second-order valence-corrected chi connectivity index (χ2v) is 7.66. The molecular formula is C22H33IN6O. The van der Waals surface area contributed by atoms with Gasteiger partial charge >= 0.3 is 0 Å². The minimum atomic E-state index is 0. The Morgan fingerprint density at radius 2 is 2.03 bits per heavy atom. The summed E-state index contributed by atoms with van der Waals surface area (Å²) in [4.78, 5) is 18.6. The van der Waals surface area contributed by atoms with E-state index >= 15 is 0 Å². The monoisotopic (exact) mass is 524 g/mol. The Morgan fingerprint density at radius 3 is 2.73 bits per heavy atom. The smallest absolute Gasteiger partial charge is 0.223 e. The molecule has 1 unspecified atom stereocenters. The third-order valence-corrected chi connectivity index (χ3v) is 5.21. The molecule has 0 bridgehead atoms. The normalized spacial score (nSPS) is 16.5. The standard InChI is InChI=1S/C22H32N6O.HI/c1-18-14-26-28(16-18)11-6-10-24-22(23-2)25-15-20-13-21(29)27(17-20)12-9-19-7-4-3-5-8-19;/h3-5,7-8,14,16,20H,6,9-13,15,17H2,1-2H3,(H2,23,24,25);1H. The lowest BCUT2D eigenvalue weighted by Gasteiger charge is -2.18. The van der Waals surface area contributed by atoms with Gasteiger partial charge in [-0.15, -0.1) is 24.0 Å². The van der Waals surface area contributed by atoms with Gasteiger partial charge in [0, 0.05) is 58.3 Å². The molecule has 2 heterocycles. The molecule has 1 atom stereocenters. The number of hydrogen-bond acceptors (Lipinski definition) is 3. The molecule has 1 fully saturated rings. The van der Waals surface area contributed by atoms with E-state index in [-0.39, 0.29) is 29.9 Å². The first kappa shape index (κ1) is 24.2. The summed E-state index contributed by atoms with van der Waals surface area (Å²) in [6.45, 7) is 6.11. The van der Waals surface area contributed by atoms with Crippen LogP contribution in [0.15, 0.2) is 47.7 Å². The fourth-order valence-corrected chi connectivity index (χ4v) is 3.61. The van der Waals surface area contributed by atoms with Gasteiger partial charge in [-0.1, -0.05) is 30.3 Å². The van der Waals surface area contributed by atoms with Gasteiger partial charge in [-0.05, 0) is 30.9 Å². The average molecular weight is 524 g/mol.